The van der Waals surface area contributed by atoms with E-state index in [9.17, 15) is 43.5 Å². The van der Waals surface area contributed by atoms with E-state index in [1.54, 1.807) is 76.6 Å². The number of aromatic hydroxyl groups is 4. The number of carboxylic acids is 1. The van der Waals surface area contributed by atoms with E-state index in [0.717, 1.165) is 45.5 Å². The van der Waals surface area contributed by atoms with Crippen LogP contribution in [0.5, 0.6) is 51.7 Å². The number of carboxylic acid groups (broad SMARTS) is 1. The van der Waals surface area contributed by atoms with Crippen molar-refractivity contribution in [3.8, 4) is 70.0 Å². The van der Waals surface area contributed by atoms with Crippen molar-refractivity contribution in [1.82, 2.24) is 0 Å². The minimum absolute atomic E-state index is 0. The maximum atomic E-state index is 11.9. The maximum Gasteiger partial charge on any atom is 0.345 e. The van der Waals surface area contributed by atoms with Crippen LogP contribution >= 0.6 is 15.9 Å². The van der Waals surface area contributed by atoms with Gasteiger partial charge in [-0.05, 0) is 149 Å². The van der Waals surface area contributed by atoms with Gasteiger partial charge in [-0.25, -0.2) is 9.59 Å². The molecular formula is C87H101BrN3O22Pd-. The Hall–Kier alpha value is -12.3. The van der Waals surface area contributed by atoms with Gasteiger partial charge in [0.2, 0.25) is 0 Å². The molecule has 0 saturated heterocycles. The zero-order valence-electron chi connectivity index (χ0n) is 67.0. The van der Waals surface area contributed by atoms with Crippen LogP contribution in [-0.4, -0.2) is 137 Å². The van der Waals surface area contributed by atoms with Crippen LogP contribution in [0.3, 0.4) is 0 Å². The number of methoxy groups -OCH3 is 7. The molecule has 3 unspecified atom stereocenters. The fraction of sp³-hybridized carbons (Fsp3) is 0.287. The predicted molar refractivity (Wildman–Crippen MR) is 433 cm³/mol. The van der Waals surface area contributed by atoms with E-state index in [0.29, 0.717) is 74.7 Å². The largest absolute Gasteiger partial charge is 0.508 e. The van der Waals surface area contributed by atoms with Crippen LogP contribution < -0.4 is 23.7 Å². The Kier molecular flexibility index (Phi) is 56.1. The Morgan fingerprint density at radius 2 is 0.746 bits per heavy atom. The number of phenols is 4. The molecule has 614 valence electrons. The number of rotatable bonds is 23. The molecule has 0 aliphatic heterocycles. The molecule has 0 heterocycles. The fourth-order valence-corrected chi connectivity index (χ4v) is 9.50. The number of esters is 4. The number of benzene rings is 8. The van der Waals surface area contributed by atoms with Gasteiger partial charge in [0.25, 0.3) is 0 Å². The van der Waals surface area contributed by atoms with Crippen molar-refractivity contribution in [1.29, 1.82) is 15.8 Å². The van der Waals surface area contributed by atoms with Gasteiger partial charge in [-0.15, -0.1) is 0 Å². The molecule has 3 atom stereocenters. The zero-order valence-corrected chi connectivity index (χ0v) is 70.1. The molecule has 0 aliphatic carbocycles. The van der Waals surface area contributed by atoms with E-state index in [4.69, 9.17) is 69.4 Å². The number of hydrogen-bond donors (Lipinski definition) is 5. The summed E-state index contributed by atoms with van der Waals surface area (Å²) in [6, 6.07) is 51.3. The van der Waals surface area contributed by atoms with Gasteiger partial charge >= 0.3 is 29.8 Å². The van der Waals surface area contributed by atoms with Gasteiger partial charge in [-0.1, -0.05) is 115 Å². The van der Waals surface area contributed by atoms with E-state index in [-0.39, 0.29) is 94.5 Å². The van der Waals surface area contributed by atoms with Crippen LogP contribution in [0, 0.1) is 76.0 Å². The van der Waals surface area contributed by atoms with E-state index in [1.165, 1.54) is 71.5 Å². The first-order valence-electron chi connectivity index (χ1n) is 34.4. The van der Waals surface area contributed by atoms with Crippen molar-refractivity contribution < 1.29 is 127 Å². The normalized spacial score (nSPS) is 10.0. The van der Waals surface area contributed by atoms with Gasteiger partial charge in [0, 0.05) is 60.1 Å². The molecule has 0 aromatic heterocycles. The molecule has 0 fully saturated rings. The standard InChI is InChI=1S/C16H20O5.C13H15NO3.C12H13NO4.C12H13NO3.C9H10O2.C8H8O2.C7H7Br.C7H6O3.C2H6.CH3.Pd/c1-5-20-15(17)13(16(18)21-6-2)10-12-8-7-11(3)9-14(12)19-4;1-9-4-5-11(12(6-9)16-2)10(8-14)7-13(15)17-3;1-16-11-6-9(14)3-4-10(11)8(7-13)5-12(15)17-2;1-8-3-4-10(11(5-8)16-2)9(7-13)6-12(14)15;1-7-3-4-8(6-10)9(5-7)11-2;1-6-2-3-7(5-9)8(10)4-6;8-6-7-4-2-1-3-5-7;8-4-5-1-2-6(9)3-7(5)10;1-2;;/h7-10H,5-6H2,1-4H3;4-6,10H,7H2,1-3H3;3-4,6,8,14H,5H2,1-2H3;3-5,9H,6H2,1-2H3,(H,14,15);3-6H,1-2H3;2-5,10H,1H3;1-5H,6H2;1-4,9-10H;1-2H3;1H3;/q;;;;;;;;;-1;. The molecule has 0 radical (unpaired) electrons. The topological polar surface area (TPSA) is 392 Å². The SMILES string of the molecule is BrCc1ccccc1.CC.CCOC(=O)C(=Cc1ccc(C)cc1OC)C(=O)OCC.COC(=O)CC(C#N)c1ccc(C)cc1OC.COC(=O)CC(C#N)c1ccc(O)cc1OC.COc1cc(C)ccc1C(C#N)CC(=O)O.COc1cc(C)ccc1C=O.Cc1ccc(C=O)c(O)c1.O=Cc1ccc(O)cc1O.[CH3-].[Pd]. The number of aldehydes is 3. The summed E-state index contributed by atoms with van der Waals surface area (Å²) in [5, 5.41) is 72.8. The number of aliphatic carboxylic acids is 1. The van der Waals surface area contributed by atoms with Crippen molar-refractivity contribution in [2.75, 3.05) is 63.0 Å². The Labute approximate surface area is 690 Å². The summed E-state index contributed by atoms with van der Waals surface area (Å²) in [5.41, 5.74) is 9.89. The number of aryl methyl sites for hydroxylation is 5. The number of nitrogens with zero attached hydrogens (tertiary/aromatic N) is 3. The molecule has 0 spiro atoms. The number of halogens is 1. The number of ether oxygens (including phenoxy) is 9. The van der Waals surface area contributed by atoms with E-state index < -0.39 is 47.6 Å². The van der Waals surface area contributed by atoms with E-state index in [2.05, 4.69) is 43.6 Å². The summed E-state index contributed by atoms with van der Waals surface area (Å²) >= 11 is 3.36. The molecule has 8 aromatic rings. The molecule has 8 rings (SSSR count). The second-order valence-corrected chi connectivity index (χ2v) is 23.4. The van der Waals surface area contributed by atoms with E-state index >= 15 is 0 Å². The number of carbonyl (C=O) groups is 8. The van der Waals surface area contributed by atoms with Crippen molar-refractivity contribution in [3.05, 3.63) is 243 Å². The van der Waals surface area contributed by atoms with Crippen LogP contribution in [-0.2, 0) is 68.7 Å². The second kappa shape index (κ2) is 60.4. The van der Waals surface area contributed by atoms with Gasteiger partial charge in [-0.2, -0.15) is 15.8 Å². The van der Waals surface area contributed by atoms with Gasteiger partial charge in [0.05, 0.1) is 135 Å². The third kappa shape index (κ3) is 39.5. The number of carbonyl (C=O) groups excluding carboxylic acids is 7. The molecule has 0 bridgehead atoms. The van der Waals surface area contributed by atoms with Gasteiger partial charge in [0.1, 0.15) is 57.3 Å². The Morgan fingerprint density at radius 3 is 1.09 bits per heavy atom. The third-order valence-corrected chi connectivity index (χ3v) is 15.5. The molecule has 27 heteroatoms. The molecular weight excluding hydrogens is 1630 g/mol. The van der Waals surface area contributed by atoms with Crippen LogP contribution in [0.4, 0.5) is 0 Å². The number of nitriles is 3. The van der Waals surface area contributed by atoms with Gasteiger partial charge < -0.3 is 75.6 Å². The Balaban J connectivity index is -0.00000125. The monoisotopic (exact) mass is 1720 g/mol. The van der Waals surface area contributed by atoms with Crippen molar-refractivity contribution >= 4 is 70.7 Å². The summed E-state index contributed by atoms with van der Waals surface area (Å²) in [6.07, 6.45) is 3.15. The number of phenolic OH excluding ortho intramolecular Hbond substituents is 4. The first-order chi connectivity index (χ1) is 53.5. The maximum absolute atomic E-state index is 11.9. The molecule has 8 aromatic carbocycles. The molecule has 114 heavy (non-hydrogen) atoms. The smallest absolute Gasteiger partial charge is 0.345 e. The first kappa shape index (κ1) is 106. The van der Waals surface area contributed by atoms with Crippen LogP contribution in [0.25, 0.3) is 6.08 Å². The third-order valence-electron chi connectivity index (χ3n) is 14.8. The fourth-order valence-electron chi connectivity index (χ4n) is 9.13. The Morgan fingerprint density at radius 1 is 0.430 bits per heavy atom. The number of alkyl halides is 1. The summed E-state index contributed by atoms with van der Waals surface area (Å²) < 4.78 is 44.5. The van der Waals surface area contributed by atoms with Crippen LogP contribution in [0.1, 0.15) is 151 Å². The molecule has 0 amide bonds. The zero-order chi connectivity index (χ0) is 84.8. The molecule has 0 aliphatic rings. The van der Waals surface area contributed by atoms with Crippen molar-refractivity contribution in [3.63, 3.8) is 0 Å². The minimum atomic E-state index is -0.992. The molecule has 25 nitrogen and oxygen atoms in total. The van der Waals surface area contributed by atoms with Crippen molar-refractivity contribution in [2.45, 2.75) is 105 Å². The average Bonchev–Trinajstić information content (AvgIpc) is 0.851. The summed E-state index contributed by atoms with van der Waals surface area (Å²) in [5.74, 6) is -2.54. The number of hydrogen-bond acceptors (Lipinski definition) is 24. The summed E-state index contributed by atoms with van der Waals surface area (Å²) in [6.45, 7) is 17.3. The second-order valence-electron chi connectivity index (χ2n) is 22.9. The van der Waals surface area contributed by atoms with Crippen molar-refractivity contribution in [2.24, 2.45) is 0 Å². The first-order valence-corrected chi connectivity index (χ1v) is 35.5. The Bertz CT molecular complexity index is 4310. The molecule has 5 N–H and O–H groups in total. The van der Waals surface area contributed by atoms with E-state index in [1.807, 2.05) is 127 Å². The quantitative estimate of drug-likeness (QED) is 0.00457. The summed E-state index contributed by atoms with van der Waals surface area (Å²) in [7, 11) is 10.2. The van der Waals surface area contributed by atoms with Crippen LogP contribution in [0.2, 0.25) is 0 Å². The van der Waals surface area contributed by atoms with Gasteiger partial charge in [-0.3, -0.25) is 28.8 Å². The predicted octanol–water partition coefficient (Wildman–Crippen LogP) is 16.6. The van der Waals surface area contributed by atoms with Crippen LogP contribution in [0.15, 0.2) is 163 Å². The summed E-state index contributed by atoms with van der Waals surface area (Å²) in [4.78, 5) is 87.5. The van der Waals surface area contributed by atoms with Gasteiger partial charge in [0.15, 0.2) is 18.9 Å². The minimum Gasteiger partial charge on any atom is -0.508 e. The molecule has 0 saturated carbocycles. The average molecular weight is 1730 g/mol.